The normalized spacial score (nSPS) is 12.7. The molecule has 7 nitrogen and oxygen atoms in total. The van der Waals surface area contributed by atoms with Crippen molar-refractivity contribution in [2.75, 3.05) is 10.8 Å². The van der Waals surface area contributed by atoms with E-state index in [0.29, 0.717) is 26.5 Å². The second-order valence-electron chi connectivity index (χ2n) is 12.6. The quantitative estimate of drug-likeness (QED) is 0.169. The molecule has 0 saturated carbocycles. The fraction of sp³-hybridized carbons (Fsp3) is 0.278. The fourth-order valence-electron chi connectivity index (χ4n) is 5.04. The number of carbonyl (C=O) groups excluding carboxylic acids is 2. The first-order valence-corrected chi connectivity index (χ1v) is 17.4. The summed E-state index contributed by atoms with van der Waals surface area (Å²) in [4.78, 5) is 29.5. The second-order valence-corrected chi connectivity index (χ2v) is 15.3. The molecule has 0 aliphatic carbocycles. The molecule has 0 aliphatic heterocycles. The highest BCUT2D eigenvalue weighted by atomic mass is 35.5. The smallest absolute Gasteiger partial charge is 0.350 e. The van der Waals surface area contributed by atoms with Crippen molar-refractivity contribution in [2.24, 2.45) is 0 Å². The van der Waals surface area contributed by atoms with Gasteiger partial charge in [-0.2, -0.15) is 13.2 Å². The average molecular weight is 735 g/mol. The molecule has 4 aromatic rings. The highest BCUT2D eigenvalue weighted by molar-refractivity contribution is 7.92. The SMILES string of the molecule is Cc1ccc(S(=O)(=O)N(CC(=O)N(Cc2ccc(Cl)cc2Cl)[C@H](Cc2ccccc2)C(=O)NC(C)(C)C)c2cccc(C(F)(F)F)c2)cc1. The van der Waals surface area contributed by atoms with Crippen molar-refractivity contribution in [1.29, 1.82) is 0 Å². The summed E-state index contributed by atoms with van der Waals surface area (Å²) >= 11 is 12.6. The van der Waals surface area contributed by atoms with Gasteiger partial charge in [-0.15, -0.1) is 0 Å². The van der Waals surface area contributed by atoms with Crippen LogP contribution in [0.1, 0.15) is 43.0 Å². The van der Waals surface area contributed by atoms with Crippen molar-refractivity contribution in [3.05, 3.63) is 129 Å². The summed E-state index contributed by atoms with van der Waals surface area (Å²) in [6.07, 6.45) is -4.75. The molecule has 49 heavy (non-hydrogen) atoms. The number of nitrogens with one attached hydrogen (secondary N) is 1. The third-order valence-electron chi connectivity index (χ3n) is 7.47. The summed E-state index contributed by atoms with van der Waals surface area (Å²) in [5, 5.41) is 3.44. The van der Waals surface area contributed by atoms with Crippen molar-refractivity contribution >= 4 is 50.7 Å². The minimum absolute atomic E-state index is 0.0357. The largest absolute Gasteiger partial charge is 0.416 e. The van der Waals surface area contributed by atoms with Crippen LogP contribution in [0.25, 0.3) is 0 Å². The Morgan fingerprint density at radius 3 is 2.10 bits per heavy atom. The molecule has 4 rings (SSSR count). The van der Waals surface area contributed by atoms with Crippen molar-refractivity contribution in [3.8, 4) is 0 Å². The van der Waals surface area contributed by atoms with Gasteiger partial charge in [-0.25, -0.2) is 8.42 Å². The van der Waals surface area contributed by atoms with Crippen LogP contribution in [-0.4, -0.2) is 43.3 Å². The Balaban J connectivity index is 1.88. The Labute approximate surface area is 294 Å². The molecule has 0 unspecified atom stereocenters. The van der Waals surface area contributed by atoms with E-state index in [-0.39, 0.29) is 28.6 Å². The first-order chi connectivity index (χ1) is 22.8. The molecule has 2 amide bonds. The number of hydrogen-bond acceptors (Lipinski definition) is 4. The number of carbonyl (C=O) groups is 2. The minimum Gasteiger partial charge on any atom is -0.350 e. The maximum atomic E-state index is 14.6. The Kier molecular flexibility index (Phi) is 11.7. The number of anilines is 1. The zero-order valence-corrected chi connectivity index (χ0v) is 29.6. The molecule has 0 heterocycles. The highest BCUT2D eigenvalue weighted by Crippen LogP contribution is 2.34. The summed E-state index contributed by atoms with van der Waals surface area (Å²) < 4.78 is 70.4. The van der Waals surface area contributed by atoms with Gasteiger partial charge < -0.3 is 10.2 Å². The first-order valence-electron chi connectivity index (χ1n) is 15.2. The van der Waals surface area contributed by atoms with Crippen LogP contribution in [0.3, 0.4) is 0 Å². The number of amides is 2. The Bertz CT molecular complexity index is 1900. The molecule has 13 heteroatoms. The lowest BCUT2D eigenvalue weighted by Gasteiger charge is -2.35. The molecule has 0 saturated heterocycles. The van der Waals surface area contributed by atoms with Crippen molar-refractivity contribution in [3.63, 3.8) is 0 Å². The Morgan fingerprint density at radius 2 is 1.51 bits per heavy atom. The summed E-state index contributed by atoms with van der Waals surface area (Å²) in [5.74, 6) is -1.38. The van der Waals surface area contributed by atoms with Crippen molar-refractivity contribution in [1.82, 2.24) is 10.2 Å². The van der Waals surface area contributed by atoms with E-state index < -0.39 is 51.7 Å². The van der Waals surface area contributed by atoms with Crippen LogP contribution in [0.15, 0.2) is 102 Å². The molecular formula is C36H36Cl2F3N3O4S. The van der Waals surface area contributed by atoms with Crippen LogP contribution in [0.5, 0.6) is 0 Å². The van der Waals surface area contributed by atoms with Crippen LogP contribution in [-0.2, 0) is 38.8 Å². The monoisotopic (exact) mass is 733 g/mol. The van der Waals surface area contributed by atoms with E-state index >= 15 is 0 Å². The number of alkyl halides is 3. The van der Waals surface area contributed by atoms with Crippen LogP contribution in [0.4, 0.5) is 18.9 Å². The van der Waals surface area contributed by atoms with Gasteiger partial charge in [0.05, 0.1) is 16.1 Å². The molecule has 260 valence electrons. The van der Waals surface area contributed by atoms with Crippen LogP contribution in [0, 0.1) is 6.92 Å². The molecule has 0 radical (unpaired) electrons. The maximum absolute atomic E-state index is 14.6. The summed E-state index contributed by atoms with van der Waals surface area (Å²) in [7, 11) is -4.61. The average Bonchev–Trinajstić information content (AvgIpc) is 3.01. The second kappa shape index (κ2) is 15.2. The first kappa shape index (κ1) is 37.8. The molecule has 0 bridgehead atoms. The standard InChI is InChI=1S/C36H36Cl2F3N3O4S/c1-24-13-17-30(18-14-24)49(47,48)44(29-12-8-11-27(20-29)36(39,40)41)23-33(45)43(22-26-15-16-28(37)21-31(26)38)32(34(46)42-35(2,3)4)19-25-9-6-5-7-10-25/h5-18,20-21,32H,19,22-23H2,1-4H3,(H,42,46)/t32-/m1/s1. The van der Waals surface area contributed by atoms with Gasteiger partial charge in [0.25, 0.3) is 10.0 Å². The molecule has 1 atom stereocenters. The van der Waals surface area contributed by atoms with E-state index in [2.05, 4.69) is 5.32 Å². The van der Waals surface area contributed by atoms with Crippen molar-refractivity contribution in [2.45, 2.75) is 63.3 Å². The number of aryl methyl sites for hydroxylation is 1. The Hall–Kier alpha value is -4.06. The Morgan fingerprint density at radius 1 is 0.857 bits per heavy atom. The number of hydrogen-bond donors (Lipinski definition) is 1. The van der Waals surface area contributed by atoms with E-state index in [1.807, 2.05) is 0 Å². The molecule has 1 N–H and O–H groups in total. The zero-order valence-electron chi connectivity index (χ0n) is 27.3. The van der Waals surface area contributed by atoms with Gasteiger partial charge in [0.15, 0.2) is 0 Å². The van der Waals surface area contributed by atoms with Gasteiger partial charge in [0.1, 0.15) is 12.6 Å². The van der Waals surface area contributed by atoms with E-state index in [0.717, 1.165) is 17.7 Å². The van der Waals surface area contributed by atoms with Gasteiger partial charge in [-0.3, -0.25) is 13.9 Å². The van der Waals surface area contributed by atoms with Gasteiger partial charge in [0, 0.05) is 28.5 Å². The fourth-order valence-corrected chi connectivity index (χ4v) is 6.92. The van der Waals surface area contributed by atoms with Gasteiger partial charge in [-0.1, -0.05) is 83.4 Å². The predicted octanol–water partition coefficient (Wildman–Crippen LogP) is 8.07. The lowest BCUT2D eigenvalue weighted by molar-refractivity contribution is -0.140. The lowest BCUT2D eigenvalue weighted by atomic mass is 10.0. The topological polar surface area (TPSA) is 86.8 Å². The van der Waals surface area contributed by atoms with Gasteiger partial charge in [0.2, 0.25) is 11.8 Å². The molecular weight excluding hydrogens is 698 g/mol. The number of rotatable bonds is 11. The van der Waals surface area contributed by atoms with Crippen LogP contribution < -0.4 is 9.62 Å². The highest BCUT2D eigenvalue weighted by Gasteiger charge is 2.37. The van der Waals surface area contributed by atoms with E-state index in [9.17, 15) is 31.2 Å². The third-order valence-corrected chi connectivity index (χ3v) is 9.85. The number of benzene rings is 4. The predicted molar refractivity (Wildman–Crippen MR) is 186 cm³/mol. The molecule has 0 aliphatic rings. The molecule has 0 spiro atoms. The molecule has 0 fully saturated rings. The number of sulfonamides is 1. The summed E-state index contributed by atoms with van der Waals surface area (Å²) in [5.41, 5.74) is -0.325. The molecule has 0 aromatic heterocycles. The van der Waals surface area contributed by atoms with Crippen LogP contribution in [0.2, 0.25) is 10.0 Å². The molecule has 4 aromatic carbocycles. The number of nitrogens with zero attached hydrogens (tertiary/aromatic N) is 2. The zero-order chi connectivity index (χ0) is 36.1. The number of halogens is 5. The third kappa shape index (κ3) is 9.99. The van der Waals surface area contributed by atoms with E-state index in [1.165, 1.54) is 29.2 Å². The van der Waals surface area contributed by atoms with E-state index in [1.54, 1.807) is 82.3 Å². The van der Waals surface area contributed by atoms with Crippen molar-refractivity contribution < 1.29 is 31.2 Å². The summed E-state index contributed by atoms with van der Waals surface area (Å²) in [6.45, 7) is 5.89. The van der Waals surface area contributed by atoms with Gasteiger partial charge >= 0.3 is 6.18 Å². The summed E-state index contributed by atoms with van der Waals surface area (Å²) in [6, 6.07) is 21.8. The van der Waals surface area contributed by atoms with E-state index in [4.69, 9.17) is 23.2 Å². The minimum atomic E-state index is -4.79. The maximum Gasteiger partial charge on any atom is 0.416 e. The van der Waals surface area contributed by atoms with Crippen LogP contribution >= 0.6 is 23.2 Å². The van der Waals surface area contributed by atoms with Gasteiger partial charge in [-0.05, 0) is 81.3 Å². The lowest BCUT2D eigenvalue weighted by Crippen LogP contribution is -2.56.